The number of alkyl carbamates (subject to hydrolysis) is 1. The van der Waals surface area contributed by atoms with Crippen LogP contribution in [-0.2, 0) is 14.3 Å². The topological polar surface area (TPSA) is 72.5 Å². The van der Waals surface area contributed by atoms with E-state index in [1.54, 1.807) is 45.0 Å². The van der Waals surface area contributed by atoms with Gasteiger partial charge in [-0.05, 0) is 40.2 Å². The zero-order valence-electron chi connectivity index (χ0n) is 13.7. The summed E-state index contributed by atoms with van der Waals surface area (Å²) in [6, 6.07) is 8.19. The van der Waals surface area contributed by atoms with Crippen LogP contribution in [0, 0.1) is 5.92 Å². The number of carbonyl (C=O) groups is 3. The van der Waals surface area contributed by atoms with Gasteiger partial charge in [0.1, 0.15) is 23.1 Å². The normalized spacial score (nSPS) is 12.6. The fourth-order valence-corrected chi connectivity index (χ4v) is 2.21. The van der Waals surface area contributed by atoms with Gasteiger partial charge < -0.3 is 10.1 Å². The number of hydrogen-bond donors (Lipinski definition) is 1. The van der Waals surface area contributed by atoms with Crippen LogP contribution in [0.3, 0.4) is 0 Å². The van der Waals surface area contributed by atoms with Gasteiger partial charge >= 0.3 is 6.09 Å². The zero-order chi connectivity index (χ0) is 16.9. The molecule has 0 aliphatic heterocycles. The lowest BCUT2D eigenvalue weighted by Crippen LogP contribution is -2.41. The molecule has 0 aliphatic rings. The maximum atomic E-state index is 12.0. The van der Waals surface area contributed by atoms with Crippen molar-refractivity contribution in [2.24, 2.45) is 5.92 Å². The number of rotatable bonds is 5. The number of hydrogen-bond acceptors (Lipinski definition) is 4. The van der Waals surface area contributed by atoms with Gasteiger partial charge in [-0.3, -0.25) is 9.59 Å². The minimum absolute atomic E-state index is 0.294. The number of amides is 1. The number of ether oxygens (including phenoxy) is 1. The van der Waals surface area contributed by atoms with Crippen molar-refractivity contribution in [3.8, 4) is 0 Å². The Kier molecular flexibility index (Phi) is 5.85. The molecule has 1 rings (SSSR count). The van der Waals surface area contributed by atoms with Gasteiger partial charge in [0.05, 0.1) is 6.04 Å². The standard InChI is InChI=1S/C17H23NO4/c1-11(19)14(12(2)20)15(13-9-7-6-8-10-13)18-16(21)22-17(3,4)5/h6-10,14-15H,1-5H3,(H,18,21)/t15-/m1/s1. The van der Waals surface area contributed by atoms with Gasteiger partial charge in [-0.25, -0.2) is 4.79 Å². The Morgan fingerprint density at radius 2 is 1.50 bits per heavy atom. The number of carbonyl (C=O) groups excluding carboxylic acids is 3. The van der Waals surface area contributed by atoms with E-state index < -0.39 is 23.7 Å². The molecule has 22 heavy (non-hydrogen) atoms. The molecular weight excluding hydrogens is 282 g/mol. The van der Waals surface area contributed by atoms with Crippen molar-refractivity contribution in [2.75, 3.05) is 0 Å². The van der Waals surface area contributed by atoms with E-state index >= 15 is 0 Å². The van der Waals surface area contributed by atoms with E-state index in [0.29, 0.717) is 5.56 Å². The third kappa shape index (κ3) is 5.31. The second kappa shape index (κ2) is 7.20. The first-order valence-corrected chi connectivity index (χ1v) is 7.17. The molecule has 0 saturated carbocycles. The minimum atomic E-state index is -0.935. The van der Waals surface area contributed by atoms with Crippen LogP contribution in [0.15, 0.2) is 30.3 Å². The van der Waals surface area contributed by atoms with E-state index in [1.165, 1.54) is 13.8 Å². The molecule has 0 bridgehead atoms. The summed E-state index contributed by atoms with van der Waals surface area (Å²) < 4.78 is 5.23. The van der Waals surface area contributed by atoms with E-state index in [9.17, 15) is 14.4 Å². The molecule has 1 amide bonds. The maximum Gasteiger partial charge on any atom is 0.408 e. The van der Waals surface area contributed by atoms with Gasteiger partial charge in [0.2, 0.25) is 0 Å². The van der Waals surface area contributed by atoms with Crippen LogP contribution >= 0.6 is 0 Å². The quantitative estimate of drug-likeness (QED) is 0.849. The molecule has 1 atom stereocenters. The molecule has 0 saturated heterocycles. The van der Waals surface area contributed by atoms with Gasteiger partial charge in [0.15, 0.2) is 0 Å². The first-order valence-electron chi connectivity index (χ1n) is 7.17. The summed E-state index contributed by atoms with van der Waals surface area (Å²) in [5.74, 6) is -1.52. The van der Waals surface area contributed by atoms with E-state index in [2.05, 4.69) is 5.32 Å². The molecule has 0 spiro atoms. The Hall–Kier alpha value is -2.17. The predicted molar refractivity (Wildman–Crippen MR) is 83.4 cm³/mol. The lowest BCUT2D eigenvalue weighted by molar-refractivity contribution is -0.131. The molecule has 0 aliphatic carbocycles. The first kappa shape index (κ1) is 17.9. The van der Waals surface area contributed by atoms with Crippen LogP contribution in [0.5, 0.6) is 0 Å². The third-order valence-electron chi connectivity index (χ3n) is 3.04. The number of benzene rings is 1. The molecule has 0 fully saturated rings. The molecule has 1 N–H and O–H groups in total. The average molecular weight is 305 g/mol. The summed E-state index contributed by atoms with van der Waals surface area (Å²) in [7, 11) is 0. The number of Topliss-reactive ketones (excluding diaryl/α,β-unsaturated/α-hetero) is 2. The van der Waals surface area contributed by atoms with Crippen LogP contribution < -0.4 is 5.32 Å². The Balaban J connectivity index is 3.10. The van der Waals surface area contributed by atoms with Crippen molar-refractivity contribution >= 4 is 17.7 Å². The molecule has 5 nitrogen and oxygen atoms in total. The Morgan fingerprint density at radius 3 is 1.91 bits per heavy atom. The lowest BCUT2D eigenvalue weighted by Gasteiger charge is -2.27. The first-order chi connectivity index (χ1) is 10.1. The maximum absolute atomic E-state index is 12.0. The summed E-state index contributed by atoms with van der Waals surface area (Å²) >= 11 is 0. The molecule has 0 unspecified atom stereocenters. The van der Waals surface area contributed by atoms with Crippen LogP contribution in [0.2, 0.25) is 0 Å². The summed E-state index contributed by atoms with van der Waals surface area (Å²) in [4.78, 5) is 35.7. The lowest BCUT2D eigenvalue weighted by atomic mass is 9.87. The molecule has 0 aromatic heterocycles. The monoisotopic (exact) mass is 305 g/mol. The molecular formula is C17H23NO4. The second-order valence-corrected chi connectivity index (χ2v) is 6.23. The Bertz CT molecular complexity index is 532. The SMILES string of the molecule is CC(=O)C(C(C)=O)[C@H](NC(=O)OC(C)(C)C)c1ccccc1. The minimum Gasteiger partial charge on any atom is -0.444 e. The van der Waals surface area contributed by atoms with E-state index in [0.717, 1.165) is 0 Å². The van der Waals surface area contributed by atoms with Crippen LogP contribution in [-0.4, -0.2) is 23.3 Å². The summed E-state index contributed by atoms with van der Waals surface area (Å²) in [5.41, 5.74) is 0.0246. The Labute approximate surface area is 131 Å². The number of ketones is 2. The van der Waals surface area contributed by atoms with Gasteiger partial charge in [-0.2, -0.15) is 0 Å². The van der Waals surface area contributed by atoms with E-state index in [1.807, 2.05) is 6.07 Å². The van der Waals surface area contributed by atoms with Crippen LogP contribution in [0.1, 0.15) is 46.2 Å². The predicted octanol–water partition coefficient (Wildman–Crippen LogP) is 3.05. The van der Waals surface area contributed by atoms with Gasteiger partial charge in [-0.1, -0.05) is 30.3 Å². The number of nitrogens with one attached hydrogen (secondary N) is 1. The molecule has 120 valence electrons. The summed E-state index contributed by atoms with van der Waals surface area (Å²) in [6.45, 7) is 7.93. The smallest absolute Gasteiger partial charge is 0.408 e. The molecule has 0 heterocycles. The van der Waals surface area contributed by atoms with Crippen molar-refractivity contribution in [3.05, 3.63) is 35.9 Å². The van der Waals surface area contributed by atoms with Gasteiger partial charge in [0.25, 0.3) is 0 Å². The van der Waals surface area contributed by atoms with Crippen molar-refractivity contribution in [1.29, 1.82) is 0 Å². The zero-order valence-corrected chi connectivity index (χ0v) is 13.7. The Morgan fingerprint density at radius 1 is 1.00 bits per heavy atom. The molecule has 1 aromatic rings. The molecule has 1 aromatic carbocycles. The fraction of sp³-hybridized carbons (Fsp3) is 0.471. The highest BCUT2D eigenvalue weighted by Gasteiger charge is 2.33. The van der Waals surface area contributed by atoms with Crippen molar-refractivity contribution in [2.45, 2.75) is 46.3 Å². The largest absolute Gasteiger partial charge is 0.444 e. The highest BCUT2D eigenvalue weighted by atomic mass is 16.6. The highest BCUT2D eigenvalue weighted by molar-refractivity contribution is 6.01. The second-order valence-electron chi connectivity index (χ2n) is 6.23. The van der Waals surface area contributed by atoms with Crippen molar-refractivity contribution in [3.63, 3.8) is 0 Å². The van der Waals surface area contributed by atoms with Crippen LogP contribution in [0.4, 0.5) is 4.79 Å². The highest BCUT2D eigenvalue weighted by Crippen LogP contribution is 2.24. The average Bonchev–Trinajstić information content (AvgIpc) is 2.35. The summed E-state index contributed by atoms with van der Waals surface area (Å²) in [6.07, 6.45) is -0.658. The van der Waals surface area contributed by atoms with Crippen molar-refractivity contribution in [1.82, 2.24) is 5.32 Å². The third-order valence-corrected chi connectivity index (χ3v) is 3.04. The fourth-order valence-electron chi connectivity index (χ4n) is 2.21. The molecule has 0 radical (unpaired) electrons. The van der Waals surface area contributed by atoms with E-state index in [-0.39, 0.29) is 11.6 Å². The van der Waals surface area contributed by atoms with Crippen molar-refractivity contribution < 1.29 is 19.1 Å². The summed E-state index contributed by atoms with van der Waals surface area (Å²) in [5, 5.41) is 2.65. The molecule has 5 heteroatoms. The van der Waals surface area contributed by atoms with Gasteiger partial charge in [0, 0.05) is 0 Å². The van der Waals surface area contributed by atoms with E-state index in [4.69, 9.17) is 4.74 Å². The van der Waals surface area contributed by atoms with Crippen LogP contribution in [0.25, 0.3) is 0 Å². The van der Waals surface area contributed by atoms with Gasteiger partial charge in [-0.15, -0.1) is 0 Å².